The molecule has 0 saturated heterocycles. The van der Waals surface area contributed by atoms with Crippen LogP contribution in [0.2, 0.25) is 0 Å². The first kappa shape index (κ1) is 12.0. The molecule has 0 bridgehead atoms. The monoisotopic (exact) mass is 302 g/mol. The summed E-state index contributed by atoms with van der Waals surface area (Å²) in [6.45, 7) is 2.07. The quantitative estimate of drug-likeness (QED) is 0.941. The number of rotatable bonds is 3. The molecule has 2 aromatic rings. The van der Waals surface area contributed by atoms with Crippen LogP contribution < -0.4 is 5.32 Å². The fraction of sp³-hybridized carbons (Fsp3) is 0.182. The molecule has 1 N–H and O–H groups in total. The van der Waals surface area contributed by atoms with Gasteiger partial charge in [0.05, 0.1) is 12.2 Å². The highest BCUT2D eigenvalue weighted by Crippen LogP contribution is 2.27. The van der Waals surface area contributed by atoms with Gasteiger partial charge < -0.3 is 9.84 Å². The van der Waals surface area contributed by atoms with E-state index in [1.807, 2.05) is 0 Å². The molecule has 0 aliphatic carbocycles. The Balaban J connectivity index is 2.14. The topological polar surface area (TPSA) is 38.1 Å². The smallest absolute Gasteiger partial charge is 0.150 e. The third kappa shape index (κ3) is 2.82. The Labute approximate surface area is 105 Å². The minimum absolute atomic E-state index is 0.201. The molecule has 3 nitrogen and oxygen atoms in total. The molecule has 90 valence electrons. The van der Waals surface area contributed by atoms with Crippen molar-refractivity contribution >= 4 is 21.6 Å². The number of aromatic nitrogens is 1. The number of hydrogen-bond acceptors (Lipinski definition) is 3. The van der Waals surface area contributed by atoms with Crippen LogP contribution in [0, 0.1) is 18.6 Å². The summed E-state index contributed by atoms with van der Waals surface area (Å²) in [5.74, 6) is -0.602. The molecular formula is C11H9BrF2N2O. The lowest BCUT2D eigenvalue weighted by Crippen LogP contribution is -2.03. The average molecular weight is 303 g/mol. The van der Waals surface area contributed by atoms with Crippen LogP contribution in [0.3, 0.4) is 0 Å². The fourth-order valence-corrected chi connectivity index (χ4v) is 1.94. The van der Waals surface area contributed by atoms with Crippen LogP contribution in [0.1, 0.15) is 11.5 Å². The summed E-state index contributed by atoms with van der Waals surface area (Å²) < 4.78 is 31.5. The summed E-state index contributed by atoms with van der Waals surface area (Å²) in [4.78, 5) is 0. The van der Waals surface area contributed by atoms with Crippen LogP contribution in [0.4, 0.5) is 14.5 Å². The number of aryl methyl sites for hydroxylation is 1. The van der Waals surface area contributed by atoms with Crippen LogP contribution >= 0.6 is 15.9 Å². The van der Waals surface area contributed by atoms with Crippen molar-refractivity contribution in [3.05, 3.63) is 45.8 Å². The summed E-state index contributed by atoms with van der Waals surface area (Å²) in [7, 11) is 0. The molecule has 2 rings (SSSR count). The van der Waals surface area contributed by atoms with Gasteiger partial charge in [-0.15, -0.1) is 0 Å². The first-order valence-electron chi connectivity index (χ1n) is 4.87. The van der Waals surface area contributed by atoms with Gasteiger partial charge in [0.25, 0.3) is 0 Å². The Bertz CT molecular complexity index is 519. The van der Waals surface area contributed by atoms with Gasteiger partial charge in [0.15, 0.2) is 0 Å². The molecule has 0 aliphatic heterocycles. The summed E-state index contributed by atoms with van der Waals surface area (Å²) in [5, 5.41) is 6.59. The van der Waals surface area contributed by atoms with E-state index in [1.54, 1.807) is 13.0 Å². The van der Waals surface area contributed by atoms with Gasteiger partial charge in [-0.1, -0.05) is 5.16 Å². The number of hydrogen-bond donors (Lipinski definition) is 1. The van der Waals surface area contributed by atoms with Crippen molar-refractivity contribution in [2.75, 3.05) is 5.32 Å². The van der Waals surface area contributed by atoms with E-state index >= 15 is 0 Å². The van der Waals surface area contributed by atoms with Gasteiger partial charge in [0.1, 0.15) is 23.1 Å². The van der Waals surface area contributed by atoms with Crippen molar-refractivity contribution in [3.8, 4) is 0 Å². The highest BCUT2D eigenvalue weighted by molar-refractivity contribution is 9.10. The zero-order chi connectivity index (χ0) is 12.4. The normalized spacial score (nSPS) is 10.6. The van der Waals surface area contributed by atoms with E-state index in [-0.39, 0.29) is 5.69 Å². The van der Waals surface area contributed by atoms with Gasteiger partial charge >= 0.3 is 0 Å². The van der Waals surface area contributed by atoms with Crippen LogP contribution in [0.25, 0.3) is 0 Å². The second-order valence-corrected chi connectivity index (χ2v) is 4.38. The van der Waals surface area contributed by atoms with Crippen LogP contribution in [-0.2, 0) is 6.54 Å². The van der Waals surface area contributed by atoms with E-state index in [0.29, 0.717) is 22.5 Å². The highest BCUT2D eigenvalue weighted by Gasteiger charge is 2.10. The Morgan fingerprint density at radius 2 is 2.12 bits per heavy atom. The highest BCUT2D eigenvalue weighted by atomic mass is 79.9. The molecule has 0 spiro atoms. The molecular weight excluding hydrogens is 294 g/mol. The molecule has 0 fully saturated rings. The SMILES string of the molecule is Cc1cc(CNc2c(F)cc(F)cc2Br)no1. The summed E-state index contributed by atoms with van der Waals surface area (Å²) in [5.41, 5.74) is 0.852. The van der Waals surface area contributed by atoms with E-state index < -0.39 is 11.6 Å². The predicted octanol–water partition coefficient (Wildman–Crippen LogP) is 3.64. The maximum Gasteiger partial charge on any atom is 0.150 e. The van der Waals surface area contributed by atoms with Gasteiger partial charge in [-0.25, -0.2) is 8.78 Å². The number of benzene rings is 1. The fourth-order valence-electron chi connectivity index (χ4n) is 1.39. The van der Waals surface area contributed by atoms with E-state index in [0.717, 1.165) is 6.07 Å². The van der Waals surface area contributed by atoms with Crippen molar-refractivity contribution < 1.29 is 13.3 Å². The zero-order valence-corrected chi connectivity index (χ0v) is 10.5. The lowest BCUT2D eigenvalue weighted by molar-refractivity contribution is 0.391. The molecule has 6 heteroatoms. The van der Waals surface area contributed by atoms with Crippen molar-refractivity contribution in [1.82, 2.24) is 5.16 Å². The first-order valence-corrected chi connectivity index (χ1v) is 5.66. The molecule has 0 aliphatic rings. The number of halogens is 3. The summed E-state index contributed by atoms with van der Waals surface area (Å²) in [6.07, 6.45) is 0. The Hall–Kier alpha value is -1.43. The Kier molecular flexibility index (Phi) is 3.42. The van der Waals surface area contributed by atoms with Gasteiger partial charge in [-0.2, -0.15) is 0 Å². The van der Waals surface area contributed by atoms with Gasteiger partial charge in [0, 0.05) is 16.6 Å². The minimum Gasteiger partial charge on any atom is -0.376 e. The number of nitrogens with one attached hydrogen (secondary N) is 1. The van der Waals surface area contributed by atoms with Crippen LogP contribution in [0.5, 0.6) is 0 Å². The van der Waals surface area contributed by atoms with E-state index in [2.05, 4.69) is 26.4 Å². The molecule has 17 heavy (non-hydrogen) atoms. The molecule has 0 saturated carbocycles. The number of nitrogens with zero attached hydrogens (tertiary/aromatic N) is 1. The maximum atomic E-state index is 13.4. The van der Waals surface area contributed by atoms with Crippen molar-refractivity contribution in [3.63, 3.8) is 0 Å². The average Bonchev–Trinajstić information content (AvgIpc) is 2.62. The lowest BCUT2D eigenvalue weighted by Gasteiger charge is -2.08. The zero-order valence-electron chi connectivity index (χ0n) is 8.93. The summed E-state index contributed by atoms with van der Waals surface area (Å²) >= 11 is 3.09. The summed E-state index contributed by atoms with van der Waals surface area (Å²) in [6, 6.07) is 3.75. The second-order valence-electron chi connectivity index (χ2n) is 3.53. The van der Waals surface area contributed by atoms with Gasteiger partial charge in [0.2, 0.25) is 0 Å². The molecule has 0 atom stereocenters. The van der Waals surface area contributed by atoms with Crippen LogP contribution in [0.15, 0.2) is 27.2 Å². The molecule has 1 aromatic heterocycles. The third-order valence-corrected chi connectivity index (χ3v) is 2.76. The Morgan fingerprint density at radius 1 is 1.35 bits per heavy atom. The predicted molar refractivity (Wildman–Crippen MR) is 62.6 cm³/mol. The van der Waals surface area contributed by atoms with E-state index in [9.17, 15) is 8.78 Å². The van der Waals surface area contributed by atoms with Crippen molar-refractivity contribution in [2.45, 2.75) is 13.5 Å². The third-order valence-electron chi connectivity index (χ3n) is 2.13. The minimum atomic E-state index is -0.655. The second kappa shape index (κ2) is 4.83. The molecule has 0 radical (unpaired) electrons. The largest absolute Gasteiger partial charge is 0.376 e. The first-order chi connectivity index (χ1) is 8.06. The van der Waals surface area contributed by atoms with E-state index in [1.165, 1.54) is 6.07 Å². The Morgan fingerprint density at radius 3 is 2.71 bits per heavy atom. The molecule has 0 amide bonds. The van der Waals surface area contributed by atoms with Crippen molar-refractivity contribution in [2.24, 2.45) is 0 Å². The standard InChI is InChI=1S/C11H9BrF2N2O/c1-6-2-8(16-17-6)5-15-11-9(12)3-7(13)4-10(11)14/h2-4,15H,5H2,1H3. The van der Waals surface area contributed by atoms with Gasteiger partial charge in [-0.05, 0) is 28.9 Å². The van der Waals surface area contributed by atoms with E-state index in [4.69, 9.17) is 4.52 Å². The molecule has 1 aromatic carbocycles. The lowest BCUT2D eigenvalue weighted by atomic mass is 10.3. The molecule has 1 heterocycles. The van der Waals surface area contributed by atoms with Crippen LogP contribution in [-0.4, -0.2) is 5.16 Å². The van der Waals surface area contributed by atoms with Crippen molar-refractivity contribution in [1.29, 1.82) is 0 Å². The number of anilines is 1. The maximum absolute atomic E-state index is 13.4. The van der Waals surface area contributed by atoms with Gasteiger partial charge in [-0.3, -0.25) is 0 Å². The molecule has 0 unspecified atom stereocenters.